The van der Waals surface area contributed by atoms with Gasteiger partial charge in [-0.3, -0.25) is 0 Å². The summed E-state index contributed by atoms with van der Waals surface area (Å²) in [7, 11) is 0. The van der Waals surface area contributed by atoms with Gasteiger partial charge in [-0.05, 0) is 30.7 Å². The number of fused-ring (bicyclic) bond motifs is 1. The lowest BCUT2D eigenvalue weighted by molar-refractivity contribution is -0.137. The first-order valence-electron chi connectivity index (χ1n) is 5.00. The van der Waals surface area contributed by atoms with E-state index in [2.05, 4.69) is 0 Å². The second-order valence-electron chi connectivity index (χ2n) is 4.04. The van der Waals surface area contributed by atoms with E-state index in [-0.39, 0.29) is 12.1 Å². The van der Waals surface area contributed by atoms with Gasteiger partial charge in [-0.1, -0.05) is 0 Å². The van der Waals surface area contributed by atoms with Gasteiger partial charge in [0.15, 0.2) is 0 Å². The van der Waals surface area contributed by atoms with Crippen LogP contribution in [0.4, 0.5) is 13.2 Å². The molecule has 0 fully saturated rings. The van der Waals surface area contributed by atoms with Crippen molar-refractivity contribution < 1.29 is 17.9 Å². The van der Waals surface area contributed by atoms with E-state index in [0.717, 1.165) is 12.1 Å². The van der Waals surface area contributed by atoms with Crippen LogP contribution in [-0.2, 0) is 12.6 Å². The van der Waals surface area contributed by atoms with Gasteiger partial charge in [0.2, 0.25) is 0 Å². The molecule has 88 valence electrons. The van der Waals surface area contributed by atoms with E-state index in [1.165, 1.54) is 6.07 Å². The molecule has 5 heteroatoms. The number of nitrogens with two attached hydrogens (primary N) is 1. The van der Waals surface area contributed by atoms with Crippen LogP contribution in [0.25, 0.3) is 0 Å². The number of benzene rings is 1. The molecule has 0 saturated heterocycles. The molecule has 1 aliphatic heterocycles. The average Bonchev–Trinajstić information content (AvgIpc) is 2.58. The number of alkyl halides is 3. The predicted octanol–water partition coefficient (Wildman–Crippen LogP) is 2.36. The molecule has 2 atom stereocenters. The first-order valence-corrected chi connectivity index (χ1v) is 5.00. The van der Waals surface area contributed by atoms with Gasteiger partial charge >= 0.3 is 6.18 Å². The van der Waals surface area contributed by atoms with E-state index in [9.17, 15) is 13.2 Å². The van der Waals surface area contributed by atoms with Gasteiger partial charge < -0.3 is 10.5 Å². The molecular weight excluding hydrogens is 219 g/mol. The van der Waals surface area contributed by atoms with Crippen molar-refractivity contribution in [1.82, 2.24) is 0 Å². The topological polar surface area (TPSA) is 35.2 Å². The lowest BCUT2D eigenvalue weighted by Crippen LogP contribution is -2.34. The molecule has 1 heterocycles. The molecule has 0 bridgehead atoms. The number of halogens is 3. The molecule has 1 aromatic carbocycles. The van der Waals surface area contributed by atoms with Crippen LogP contribution >= 0.6 is 0 Å². The third kappa shape index (κ3) is 2.00. The fourth-order valence-electron chi connectivity index (χ4n) is 1.74. The summed E-state index contributed by atoms with van der Waals surface area (Å²) in [5.41, 5.74) is 5.60. The maximum absolute atomic E-state index is 12.4. The first kappa shape index (κ1) is 11.3. The Hall–Kier alpha value is -1.23. The van der Waals surface area contributed by atoms with Crippen molar-refractivity contribution in [2.45, 2.75) is 31.7 Å². The molecule has 0 saturated carbocycles. The van der Waals surface area contributed by atoms with Crippen molar-refractivity contribution in [3.05, 3.63) is 29.3 Å². The van der Waals surface area contributed by atoms with Gasteiger partial charge in [-0.15, -0.1) is 0 Å². The number of hydrogen-bond acceptors (Lipinski definition) is 2. The van der Waals surface area contributed by atoms with Gasteiger partial charge in [0.05, 0.1) is 5.56 Å². The molecule has 1 aliphatic rings. The SMILES string of the molecule is CC(N)C1Cc2cc(C(F)(F)F)ccc2O1. The molecule has 0 aliphatic carbocycles. The molecular formula is C11H12F3NO. The minimum Gasteiger partial charge on any atom is -0.488 e. The summed E-state index contributed by atoms with van der Waals surface area (Å²) in [6.45, 7) is 1.78. The maximum atomic E-state index is 12.4. The summed E-state index contributed by atoms with van der Waals surface area (Å²) in [5.74, 6) is 0.510. The van der Waals surface area contributed by atoms with Crippen LogP contribution in [0, 0.1) is 0 Å². The van der Waals surface area contributed by atoms with Crippen molar-refractivity contribution in [2.24, 2.45) is 5.73 Å². The third-order valence-corrected chi connectivity index (χ3v) is 2.67. The normalized spacial score (nSPS) is 21.4. The molecule has 2 unspecified atom stereocenters. The first-order chi connectivity index (χ1) is 7.38. The highest BCUT2D eigenvalue weighted by atomic mass is 19.4. The summed E-state index contributed by atoms with van der Waals surface area (Å²) in [5, 5.41) is 0. The van der Waals surface area contributed by atoms with E-state index >= 15 is 0 Å². The van der Waals surface area contributed by atoms with Crippen molar-refractivity contribution in [3.8, 4) is 5.75 Å². The Morgan fingerprint density at radius 1 is 1.44 bits per heavy atom. The summed E-state index contributed by atoms with van der Waals surface area (Å²) >= 11 is 0. The molecule has 0 spiro atoms. The van der Waals surface area contributed by atoms with Crippen LogP contribution in [-0.4, -0.2) is 12.1 Å². The number of ether oxygens (including phenoxy) is 1. The minimum atomic E-state index is -4.30. The number of hydrogen-bond donors (Lipinski definition) is 1. The average molecular weight is 231 g/mol. The largest absolute Gasteiger partial charge is 0.488 e. The van der Waals surface area contributed by atoms with Gasteiger partial charge in [0.25, 0.3) is 0 Å². The van der Waals surface area contributed by atoms with Crippen LogP contribution in [0.5, 0.6) is 5.75 Å². The molecule has 16 heavy (non-hydrogen) atoms. The predicted molar refractivity (Wildman–Crippen MR) is 53.2 cm³/mol. The Labute approximate surface area is 91.2 Å². The molecule has 2 N–H and O–H groups in total. The zero-order chi connectivity index (χ0) is 11.9. The van der Waals surface area contributed by atoms with Crippen LogP contribution < -0.4 is 10.5 Å². The standard InChI is InChI=1S/C11H12F3NO/c1-6(15)10-5-7-4-8(11(12,13)14)2-3-9(7)16-10/h2-4,6,10H,5,15H2,1H3. The van der Waals surface area contributed by atoms with E-state index in [4.69, 9.17) is 10.5 Å². The molecule has 0 aromatic heterocycles. The third-order valence-electron chi connectivity index (χ3n) is 2.67. The lowest BCUT2D eigenvalue weighted by atomic mass is 10.0. The highest BCUT2D eigenvalue weighted by molar-refractivity contribution is 5.41. The molecule has 1 aromatic rings. The Kier molecular flexibility index (Phi) is 2.58. The van der Waals surface area contributed by atoms with E-state index in [0.29, 0.717) is 17.7 Å². The summed E-state index contributed by atoms with van der Waals surface area (Å²) < 4.78 is 42.8. The fraction of sp³-hybridized carbons (Fsp3) is 0.455. The zero-order valence-corrected chi connectivity index (χ0v) is 8.71. The molecule has 2 nitrogen and oxygen atoms in total. The monoisotopic (exact) mass is 231 g/mol. The smallest absolute Gasteiger partial charge is 0.416 e. The van der Waals surface area contributed by atoms with Gasteiger partial charge in [-0.2, -0.15) is 13.2 Å². The number of rotatable bonds is 1. The Morgan fingerprint density at radius 3 is 2.69 bits per heavy atom. The van der Waals surface area contributed by atoms with Crippen LogP contribution in [0.15, 0.2) is 18.2 Å². The second kappa shape index (κ2) is 3.66. The van der Waals surface area contributed by atoms with E-state index in [1.54, 1.807) is 6.92 Å². The van der Waals surface area contributed by atoms with E-state index < -0.39 is 11.7 Å². The van der Waals surface area contributed by atoms with Crippen molar-refractivity contribution >= 4 is 0 Å². The lowest BCUT2D eigenvalue weighted by Gasteiger charge is -2.13. The van der Waals surface area contributed by atoms with Crippen molar-refractivity contribution in [3.63, 3.8) is 0 Å². The summed E-state index contributed by atoms with van der Waals surface area (Å²) in [4.78, 5) is 0. The van der Waals surface area contributed by atoms with E-state index in [1.807, 2.05) is 0 Å². The molecule has 2 rings (SSSR count). The second-order valence-corrected chi connectivity index (χ2v) is 4.04. The fourth-order valence-corrected chi connectivity index (χ4v) is 1.74. The van der Waals surface area contributed by atoms with Crippen LogP contribution in [0.3, 0.4) is 0 Å². The summed E-state index contributed by atoms with van der Waals surface area (Å²) in [6.07, 6.45) is -4.09. The van der Waals surface area contributed by atoms with Crippen LogP contribution in [0.2, 0.25) is 0 Å². The van der Waals surface area contributed by atoms with Crippen molar-refractivity contribution in [2.75, 3.05) is 0 Å². The quantitative estimate of drug-likeness (QED) is 0.805. The molecule has 0 radical (unpaired) electrons. The Bertz CT molecular complexity index is 401. The Balaban J connectivity index is 2.28. The van der Waals surface area contributed by atoms with Crippen LogP contribution in [0.1, 0.15) is 18.1 Å². The zero-order valence-electron chi connectivity index (χ0n) is 8.71. The Morgan fingerprint density at radius 2 is 2.12 bits per heavy atom. The highest BCUT2D eigenvalue weighted by Crippen LogP contribution is 2.36. The van der Waals surface area contributed by atoms with Gasteiger partial charge in [-0.25, -0.2) is 0 Å². The minimum absolute atomic E-state index is 0.193. The van der Waals surface area contributed by atoms with Gasteiger partial charge in [0.1, 0.15) is 11.9 Å². The highest BCUT2D eigenvalue weighted by Gasteiger charge is 2.33. The maximum Gasteiger partial charge on any atom is 0.416 e. The summed E-state index contributed by atoms with van der Waals surface area (Å²) in [6, 6.07) is 3.34. The van der Waals surface area contributed by atoms with Crippen molar-refractivity contribution in [1.29, 1.82) is 0 Å². The molecule has 0 amide bonds. The van der Waals surface area contributed by atoms with Gasteiger partial charge in [0, 0.05) is 12.5 Å².